The summed E-state index contributed by atoms with van der Waals surface area (Å²) in [4.78, 5) is 23.4. The van der Waals surface area contributed by atoms with Crippen molar-refractivity contribution in [1.29, 1.82) is 0 Å². The van der Waals surface area contributed by atoms with Gasteiger partial charge in [-0.05, 0) is 30.3 Å². The largest absolute Gasteiger partial charge is 0.417 e. The molecule has 0 aliphatic carbocycles. The molecule has 0 fully saturated rings. The zero-order valence-corrected chi connectivity index (χ0v) is 12.5. The quantitative estimate of drug-likeness (QED) is 0.626. The second-order valence-electron chi connectivity index (χ2n) is 4.58. The number of hydrogen-bond acceptors (Lipinski definition) is 2. The van der Waals surface area contributed by atoms with E-state index in [2.05, 4.69) is 0 Å². The first-order chi connectivity index (χ1) is 11.2. The van der Waals surface area contributed by atoms with Crippen molar-refractivity contribution in [3.63, 3.8) is 0 Å². The molecule has 0 heterocycles. The molecule has 4 nitrogen and oxygen atoms in total. The van der Waals surface area contributed by atoms with Gasteiger partial charge in [-0.1, -0.05) is 23.7 Å². The Morgan fingerprint density at radius 3 is 2.21 bits per heavy atom. The van der Waals surface area contributed by atoms with Crippen LogP contribution in [0, 0.1) is 5.82 Å². The highest BCUT2D eigenvalue weighted by Crippen LogP contribution is 2.36. The molecule has 0 unspecified atom stereocenters. The summed E-state index contributed by atoms with van der Waals surface area (Å²) in [5.74, 6) is -3.25. The number of alkyl halides is 3. The van der Waals surface area contributed by atoms with E-state index in [1.165, 1.54) is 18.2 Å². The van der Waals surface area contributed by atoms with Gasteiger partial charge in [0.25, 0.3) is 0 Å². The molecule has 0 saturated carbocycles. The van der Waals surface area contributed by atoms with Crippen molar-refractivity contribution in [3.8, 4) is 0 Å². The Morgan fingerprint density at radius 2 is 1.58 bits per heavy atom. The predicted octanol–water partition coefficient (Wildman–Crippen LogP) is 4.08. The topological polar surface area (TPSA) is 58.2 Å². The van der Waals surface area contributed by atoms with Crippen molar-refractivity contribution in [2.75, 3.05) is 10.6 Å². The monoisotopic (exact) mass is 360 g/mol. The van der Waals surface area contributed by atoms with Crippen LogP contribution in [0.15, 0.2) is 42.5 Å². The highest BCUT2D eigenvalue weighted by Gasteiger charge is 2.33. The highest BCUT2D eigenvalue weighted by molar-refractivity contribution is 6.43. The van der Waals surface area contributed by atoms with Crippen LogP contribution in [-0.4, -0.2) is 11.8 Å². The van der Waals surface area contributed by atoms with Crippen molar-refractivity contribution < 1.29 is 27.2 Å². The molecule has 9 heteroatoms. The first-order valence-corrected chi connectivity index (χ1v) is 6.80. The van der Waals surface area contributed by atoms with Crippen molar-refractivity contribution in [1.82, 2.24) is 0 Å². The summed E-state index contributed by atoms with van der Waals surface area (Å²) in [6.45, 7) is 0. The van der Waals surface area contributed by atoms with Gasteiger partial charge < -0.3 is 10.6 Å². The zero-order valence-electron chi connectivity index (χ0n) is 11.7. The Labute approximate surface area is 138 Å². The third kappa shape index (κ3) is 4.23. The molecule has 0 radical (unpaired) electrons. The van der Waals surface area contributed by atoms with Gasteiger partial charge in [-0.2, -0.15) is 13.2 Å². The zero-order chi connectivity index (χ0) is 17.9. The smallest absolute Gasteiger partial charge is 0.318 e. The Balaban J connectivity index is 2.12. The Hall–Kier alpha value is -2.61. The number of benzene rings is 2. The molecule has 0 spiro atoms. The van der Waals surface area contributed by atoms with E-state index in [4.69, 9.17) is 11.6 Å². The van der Waals surface area contributed by atoms with E-state index in [1.54, 1.807) is 0 Å². The van der Waals surface area contributed by atoms with Crippen molar-refractivity contribution >= 4 is 34.8 Å². The molecular formula is C15H9ClF4N2O2. The fraction of sp³-hybridized carbons (Fsp3) is 0.0667. The molecule has 2 aromatic rings. The summed E-state index contributed by atoms with van der Waals surface area (Å²) < 4.78 is 51.6. The fourth-order valence-electron chi connectivity index (χ4n) is 1.75. The summed E-state index contributed by atoms with van der Waals surface area (Å²) in [5, 5.41) is 3.46. The third-order valence-corrected chi connectivity index (χ3v) is 3.19. The van der Waals surface area contributed by atoms with Crippen LogP contribution in [0.1, 0.15) is 5.56 Å². The maximum absolute atomic E-state index is 13.4. The van der Waals surface area contributed by atoms with E-state index in [9.17, 15) is 27.2 Å². The molecule has 0 aromatic heterocycles. The van der Waals surface area contributed by atoms with E-state index in [0.29, 0.717) is 6.07 Å². The lowest BCUT2D eigenvalue weighted by Gasteiger charge is -2.12. The lowest BCUT2D eigenvalue weighted by Crippen LogP contribution is -2.29. The molecular weight excluding hydrogens is 352 g/mol. The molecule has 2 aromatic carbocycles. The third-order valence-electron chi connectivity index (χ3n) is 2.86. The lowest BCUT2D eigenvalue weighted by atomic mass is 10.2. The van der Waals surface area contributed by atoms with Crippen molar-refractivity contribution in [2.24, 2.45) is 0 Å². The number of hydrogen-bond donors (Lipinski definition) is 2. The number of rotatable bonds is 2. The molecule has 0 saturated heterocycles. The number of carbonyl (C=O) groups is 2. The average molecular weight is 361 g/mol. The Kier molecular flexibility index (Phi) is 5.08. The number of nitrogens with one attached hydrogen (secondary N) is 2. The molecule has 2 N–H and O–H groups in total. The molecule has 24 heavy (non-hydrogen) atoms. The molecule has 0 atom stereocenters. The van der Waals surface area contributed by atoms with Gasteiger partial charge in [-0.25, -0.2) is 4.39 Å². The van der Waals surface area contributed by atoms with E-state index < -0.39 is 34.4 Å². The number of amides is 2. The summed E-state index contributed by atoms with van der Waals surface area (Å²) in [6.07, 6.45) is -4.72. The van der Waals surface area contributed by atoms with Gasteiger partial charge in [-0.15, -0.1) is 0 Å². The minimum absolute atomic E-state index is 0.232. The second-order valence-corrected chi connectivity index (χ2v) is 4.99. The SMILES string of the molecule is O=C(Nc1ccc(Cl)c(C(F)(F)F)c1)C(=O)Nc1ccccc1F. The van der Waals surface area contributed by atoms with Crippen LogP contribution in [0.5, 0.6) is 0 Å². The molecule has 0 aliphatic rings. The van der Waals surface area contributed by atoms with Crippen LogP contribution >= 0.6 is 11.6 Å². The van der Waals surface area contributed by atoms with Gasteiger partial charge in [0.15, 0.2) is 0 Å². The van der Waals surface area contributed by atoms with E-state index >= 15 is 0 Å². The summed E-state index contributed by atoms with van der Waals surface area (Å²) in [7, 11) is 0. The maximum Gasteiger partial charge on any atom is 0.417 e. The summed E-state index contributed by atoms with van der Waals surface area (Å²) >= 11 is 5.45. The number of carbonyl (C=O) groups excluding carboxylic acids is 2. The van der Waals surface area contributed by atoms with Crippen LogP contribution in [0.4, 0.5) is 28.9 Å². The normalized spacial score (nSPS) is 11.0. The van der Waals surface area contributed by atoms with E-state index in [0.717, 1.165) is 18.2 Å². The van der Waals surface area contributed by atoms with Crippen molar-refractivity contribution in [3.05, 3.63) is 58.9 Å². The van der Waals surface area contributed by atoms with Crippen molar-refractivity contribution in [2.45, 2.75) is 6.18 Å². The molecule has 2 amide bonds. The first kappa shape index (κ1) is 17.7. The standard InChI is InChI=1S/C15H9ClF4N2O2/c16-10-6-5-8(7-9(10)15(18,19)20)21-13(23)14(24)22-12-4-2-1-3-11(12)17/h1-7H,(H,21,23)(H,22,24). The minimum atomic E-state index is -4.72. The van der Waals surface area contributed by atoms with Gasteiger partial charge in [0.2, 0.25) is 0 Å². The van der Waals surface area contributed by atoms with Gasteiger partial charge in [-0.3, -0.25) is 9.59 Å². The number of anilines is 2. The summed E-state index contributed by atoms with van der Waals surface area (Å²) in [6, 6.07) is 7.76. The highest BCUT2D eigenvalue weighted by atomic mass is 35.5. The van der Waals surface area contributed by atoms with Crippen LogP contribution < -0.4 is 10.6 Å². The van der Waals surface area contributed by atoms with Gasteiger partial charge in [0, 0.05) is 5.69 Å². The van der Waals surface area contributed by atoms with Gasteiger partial charge in [0.05, 0.1) is 16.3 Å². The number of halogens is 5. The molecule has 0 aliphatic heterocycles. The molecule has 126 valence electrons. The van der Waals surface area contributed by atoms with E-state index in [-0.39, 0.29) is 11.4 Å². The minimum Gasteiger partial charge on any atom is -0.318 e. The average Bonchev–Trinajstić information content (AvgIpc) is 2.50. The summed E-state index contributed by atoms with van der Waals surface area (Å²) in [5.41, 5.74) is -1.67. The predicted molar refractivity (Wildman–Crippen MR) is 80.1 cm³/mol. The Morgan fingerprint density at radius 1 is 0.958 bits per heavy atom. The van der Waals surface area contributed by atoms with Gasteiger partial charge in [0.1, 0.15) is 5.82 Å². The van der Waals surface area contributed by atoms with E-state index in [1.807, 2.05) is 10.6 Å². The van der Waals surface area contributed by atoms with Crippen LogP contribution in [0.2, 0.25) is 5.02 Å². The van der Waals surface area contributed by atoms with Crippen LogP contribution in [-0.2, 0) is 15.8 Å². The fourth-order valence-corrected chi connectivity index (χ4v) is 1.97. The second kappa shape index (κ2) is 6.88. The maximum atomic E-state index is 13.4. The van der Waals surface area contributed by atoms with Crippen LogP contribution in [0.3, 0.4) is 0 Å². The Bertz CT molecular complexity index is 793. The van der Waals surface area contributed by atoms with Crippen LogP contribution in [0.25, 0.3) is 0 Å². The first-order valence-electron chi connectivity index (χ1n) is 6.42. The molecule has 0 bridgehead atoms. The lowest BCUT2D eigenvalue weighted by molar-refractivity contribution is -0.137. The molecule has 2 rings (SSSR count). The van der Waals surface area contributed by atoms with Gasteiger partial charge >= 0.3 is 18.0 Å². The number of para-hydroxylation sites is 1.